The molecule has 3 nitrogen and oxygen atoms in total. The molecule has 0 amide bonds. The van der Waals surface area contributed by atoms with E-state index < -0.39 is 0 Å². The summed E-state index contributed by atoms with van der Waals surface area (Å²) in [5, 5.41) is 0. The lowest BCUT2D eigenvalue weighted by Crippen LogP contribution is -2.01. The van der Waals surface area contributed by atoms with Gasteiger partial charge in [-0.2, -0.15) is 0 Å². The van der Waals surface area contributed by atoms with Crippen molar-refractivity contribution in [2.75, 3.05) is 6.61 Å². The number of benzene rings is 1. The Morgan fingerprint density at radius 2 is 1.78 bits per heavy atom. The molecule has 0 bridgehead atoms. The molecule has 1 aromatic carbocycles. The van der Waals surface area contributed by atoms with Crippen molar-refractivity contribution >= 4 is 5.78 Å². The Hall–Kier alpha value is -2.16. The number of aromatic nitrogens is 1. The Morgan fingerprint density at radius 3 is 2.39 bits per heavy atom. The summed E-state index contributed by atoms with van der Waals surface area (Å²) in [6.45, 7) is 2.17. The van der Waals surface area contributed by atoms with Crippen LogP contribution in [0, 0.1) is 0 Å². The van der Waals surface area contributed by atoms with Crippen molar-refractivity contribution in [3.8, 4) is 5.75 Å². The van der Waals surface area contributed by atoms with E-state index in [1.54, 1.807) is 31.5 Å². The Kier molecular flexibility index (Phi) is 4.07. The van der Waals surface area contributed by atoms with Crippen molar-refractivity contribution in [3.63, 3.8) is 0 Å². The first kappa shape index (κ1) is 12.3. The van der Waals surface area contributed by atoms with Crippen LogP contribution in [0.25, 0.3) is 0 Å². The first-order valence-corrected chi connectivity index (χ1v) is 5.88. The van der Waals surface area contributed by atoms with Crippen LogP contribution in [0.5, 0.6) is 5.75 Å². The summed E-state index contributed by atoms with van der Waals surface area (Å²) in [4.78, 5) is 15.1. The standard InChI is InChI=1S/C15H15NO2/c1-12(17)14-2-4-15(5-3-14)18-11-8-13-6-9-16-10-7-13/h2-7,9-10H,8,11H2,1H3. The third-order valence-corrected chi connectivity index (χ3v) is 2.67. The minimum atomic E-state index is 0.0679. The highest BCUT2D eigenvalue weighted by molar-refractivity contribution is 5.94. The molecule has 1 heterocycles. The molecule has 92 valence electrons. The summed E-state index contributed by atoms with van der Waals surface area (Å²) in [6.07, 6.45) is 4.39. The van der Waals surface area contributed by atoms with Crippen LogP contribution >= 0.6 is 0 Å². The largest absolute Gasteiger partial charge is 0.493 e. The zero-order valence-corrected chi connectivity index (χ0v) is 10.3. The van der Waals surface area contributed by atoms with Crippen molar-refractivity contribution in [2.45, 2.75) is 13.3 Å². The number of carbonyl (C=O) groups excluding carboxylic acids is 1. The van der Waals surface area contributed by atoms with E-state index >= 15 is 0 Å². The second-order valence-corrected chi connectivity index (χ2v) is 4.03. The lowest BCUT2D eigenvalue weighted by molar-refractivity contribution is 0.101. The SMILES string of the molecule is CC(=O)c1ccc(OCCc2ccncc2)cc1. The smallest absolute Gasteiger partial charge is 0.159 e. The molecule has 2 aromatic rings. The summed E-state index contributed by atoms with van der Waals surface area (Å²) >= 11 is 0. The van der Waals surface area contributed by atoms with Crippen LogP contribution in [-0.4, -0.2) is 17.4 Å². The summed E-state index contributed by atoms with van der Waals surface area (Å²) in [5.74, 6) is 0.854. The monoisotopic (exact) mass is 241 g/mol. The van der Waals surface area contributed by atoms with E-state index in [0.29, 0.717) is 12.2 Å². The molecule has 0 atom stereocenters. The zero-order chi connectivity index (χ0) is 12.8. The first-order valence-electron chi connectivity index (χ1n) is 5.88. The van der Waals surface area contributed by atoms with Gasteiger partial charge in [-0.05, 0) is 48.9 Å². The molecule has 2 rings (SSSR count). The minimum absolute atomic E-state index is 0.0679. The lowest BCUT2D eigenvalue weighted by Gasteiger charge is -2.06. The van der Waals surface area contributed by atoms with Crippen LogP contribution < -0.4 is 4.74 Å². The highest BCUT2D eigenvalue weighted by Gasteiger charge is 1.99. The van der Waals surface area contributed by atoms with E-state index in [2.05, 4.69) is 4.98 Å². The molecule has 0 fully saturated rings. The minimum Gasteiger partial charge on any atom is -0.493 e. The van der Waals surface area contributed by atoms with Gasteiger partial charge in [-0.15, -0.1) is 0 Å². The molecule has 0 saturated carbocycles. The summed E-state index contributed by atoms with van der Waals surface area (Å²) < 4.78 is 5.61. The van der Waals surface area contributed by atoms with Gasteiger partial charge in [-0.1, -0.05) is 0 Å². The van der Waals surface area contributed by atoms with Gasteiger partial charge in [0, 0.05) is 24.4 Å². The number of Topliss-reactive ketones (excluding diaryl/α,β-unsaturated/α-hetero) is 1. The normalized spacial score (nSPS) is 10.1. The molecule has 0 aliphatic rings. The summed E-state index contributed by atoms with van der Waals surface area (Å²) in [6, 6.07) is 11.2. The van der Waals surface area contributed by atoms with Crippen molar-refractivity contribution in [1.82, 2.24) is 4.98 Å². The molecule has 3 heteroatoms. The van der Waals surface area contributed by atoms with E-state index in [4.69, 9.17) is 4.74 Å². The average molecular weight is 241 g/mol. The van der Waals surface area contributed by atoms with Gasteiger partial charge in [-0.25, -0.2) is 0 Å². The van der Waals surface area contributed by atoms with Gasteiger partial charge >= 0.3 is 0 Å². The van der Waals surface area contributed by atoms with Gasteiger partial charge in [0.1, 0.15) is 5.75 Å². The molecule has 0 aliphatic carbocycles. The second kappa shape index (κ2) is 5.96. The van der Waals surface area contributed by atoms with E-state index in [1.165, 1.54) is 5.56 Å². The molecular weight excluding hydrogens is 226 g/mol. The second-order valence-electron chi connectivity index (χ2n) is 4.03. The average Bonchev–Trinajstić information content (AvgIpc) is 2.40. The fourth-order valence-corrected chi connectivity index (χ4v) is 1.62. The molecule has 1 aromatic heterocycles. The number of hydrogen-bond acceptors (Lipinski definition) is 3. The van der Waals surface area contributed by atoms with Crippen LogP contribution in [0.1, 0.15) is 22.8 Å². The molecule has 0 spiro atoms. The summed E-state index contributed by atoms with van der Waals surface area (Å²) in [7, 11) is 0. The number of nitrogens with zero attached hydrogens (tertiary/aromatic N) is 1. The maximum atomic E-state index is 11.1. The maximum Gasteiger partial charge on any atom is 0.159 e. The highest BCUT2D eigenvalue weighted by atomic mass is 16.5. The molecule has 0 saturated heterocycles. The van der Waals surface area contributed by atoms with Crippen LogP contribution in [0.3, 0.4) is 0 Å². The molecule has 0 aliphatic heterocycles. The van der Waals surface area contributed by atoms with Crippen LogP contribution in [0.4, 0.5) is 0 Å². The highest BCUT2D eigenvalue weighted by Crippen LogP contribution is 2.13. The molecule has 18 heavy (non-hydrogen) atoms. The van der Waals surface area contributed by atoms with Crippen molar-refractivity contribution < 1.29 is 9.53 Å². The van der Waals surface area contributed by atoms with Gasteiger partial charge in [0.15, 0.2) is 5.78 Å². The first-order chi connectivity index (χ1) is 8.75. The van der Waals surface area contributed by atoms with Crippen LogP contribution in [-0.2, 0) is 6.42 Å². The van der Waals surface area contributed by atoms with Gasteiger partial charge in [0.05, 0.1) is 6.61 Å². The third kappa shape index (κ3) is 3.42. The Labute approximate surface area is 106 Å². The Balaban J connectivity index is 1.85. The zero-order valence-electron chi connectivity index (χ0n) is 10.3. The summed E-state index contributed by atoms with van der Waals surface area (Å²) in [5.41, 5.74) is 1.90. The van der Waals surface area contributed by atoms with E-state index in [1.807, 2.05) is 24.3 Å². The van der Waals surface area contributed by atoms with E-state index in [-0.39, 0.29) is 5.78 Å². The predicted octanol–water partition coefficient (Wildman–Crippen LogP) is 2.91. The van der Waals surface area contributed by atoms with Gasteiger partial charge < -0.3 is 4.74 Å². The number of hydrogen-bond donors (Lipinski definition) is 0. The molecule has 0 N–H and O–H groups in total. The van der Waals surface area contributed by atoms with Gasteiger partial charge in [0.2, 0.25) is 0 Å². The quantitative estimate of drug-likeness (QED) is 0.755. The topological polar surface area (TPSA) is 39.2 Å². The van der Waals surface area contributed by atoms with Crippen molar-refractivity contribution in [1.29, 1.82) is 0 Å². The number of ketones is 1. The van der Waals surface area contributed by atoms with Crippen LogP contribution in [0.15, 0.2) is 48.8 Å². The fraction of sp³-hybridized carbons (Fsp3) is 0.200. The predicted molar refractivity (Wildman–Crippen MR) is 69.9 cm³/mol. The molecule has 0 radical (unpaired) electrons. The van der Waals surface area contributed by atoms with Crippen LogP contribution in [0.2, 0.25) is 0 Å². The number of ether oxygens (including phenoxy) is 1. The lowest BCUT2D eigenvalue weighted by atomic mass is 10.1. The number of rotatable bonds is 5. The van der Waals surface area contributed by atoms with Crippen molar-refractivity contribution in [2.24, 2.45) is 0 Å². The van der Waals surface area contributed by atoms with Gasteiger partial charge in [0.25, 0.3) is 0 Å². The van der Waals surface area contributed by atoms with Gasteiger partial charge in [-0.3, -0.25) is 9.78 Å². The molecular formula is C15H15NO2. The Bertz CT molecular complexity index is 506. The van der Waals surface area contributed by atoms with E-state index in [0.717, 1.165) is 12.2 Å². The molecule has 0 unspecified atom stereocenters. The van der Waals surface area contributed by atoms with Crippen molar-refractivity contribution in [3.05, 3.63) is 59.9 Å². The Morgan fingerprint density at radius 1 is 1.11 bits per heavy atom. The number of pyridine rings is 1. The number of carbonyl (C=O) groups is 1. The maximum absolute atomic E-state index is 11.1. The third-order valence-electron chi connectivity index (χ3n) is 2.67. The van der Waals surface area contributed by atoms with E-state index in [9.17, 15) is 4.79 Å². The fourth-order valence-electron chi connectivity index (χ4n) is 1.62.